The number of amides is 1. The molecular weight excluding hydrogens is 294 g/mol. The fourth-order valence-corrected chi connectivity index (χ4v) is 2.22. The van der Waals surface area contributed by atoms with E-state index in [1.165, 1.54) is 29.5 Å². The lowest BCUT2D eigenvalue weighted by Crippen LogP contribution is -2.28. The molecule has 2 rings (SSSR count). The van der Waals surface area contributed by atoms with E-state index in [0.717, 1.165) is 10.7 Å². The molecule has 0 fully saturated rings. The summed E-state index contributed by atoms with van der Waals surface area (Å²) in [7, 11) is 0. The number of para-hydroxylation sites is 2. The molecule has 0 unspecified atom stereocenters. The first-order chi connectivity index (χ1) is 10.1. The number of hydrogen-bond acceptors (Lipinski definition) is 6. The lowest BCUT2D eigenvalue weighted by atomic mass is 10.3. The van der Waals surface area contributed by atoms with Crippen molar-refractivity contribution in [2.45, 2.75) is 13.5 Å². The highest BCUT2D eigenvalue weighted by atomic mass is 32.1. The van der Waals surface area contributed by atoms with Gasteiger partial charge >= 0.3 is 5.69 Å². The Morgan fingerprint density at radius 2 is 2.24 bits per heavy atom. The van der Waals surface area contributed by atoms with Crippen molar-refractivity contribution in [3.63, 3.8) is 0 Å². The summed E-state index contributed by atoms with van der Waals surface area (Å²) in [5, 5.41) is 16.2. The topological polar surface area (TPSA) is 94.4 Å². The lowest BCUT2D eigenvalue weighted by Gasteiger charge is -2.06. The number of carbonyl (C=O) groups is 1. The number of rotatable bonds is 6. The number of aromatic nitrogens is 1. The fraction of sp³-hybridized carbons (Fsp3) is 0.231. The van der Waals surface area contributed by atoms with E-state index in [9.17, 15) is 14.9 Å². The molecule has 0 saturated heterocycles. The number of nitro benzene ring substituents is 1. The molecule has 0 aliphatic carbocycles. The largest absolute Gasteiger partial charge is 0.477 e. The molecule has 1 aromatic heterocycles. The number of ether oxygens (including phenoxy) is 1. The average Bonchev–Trinajstić information content (AvgIpc) is 2.88. The van der Waals surface area contributed by atoms with Gasteiger partial charge in [0.25, 0.3) is 5.91 Å². The third-order valence-electron chi connectivity index (χ3n) is 2.55. The number of nitrogens with one attached hydrogen (secondary N) is 1. The Bertz CT molecular complexity index is 656. The quantitative estimate of drug-likeness (QED) is 0.651. The number of carbonyl (C=O) groups excluding carboxylic acids is 1. The maximum absolute atomic E-state index is 11.6. The van der Waals surface area contributed by atoms with Crippen LogP contribution in [0.25, 0.3) is 0 Å². The van der Waals surface area contributed by atoms with E-state index < -0.39 is 4.92 Å². The predicted molar refractivity (Wildman–Crippen MR) is 77.3 cm³/mol. The molecule has 0 saturated carbocycles. The van der Waals surface area contributed by atoms with E-state index in [0.29, 0.717) is 6.54 Å². The maximum atomic E-state index is 11.6. The number of benzene rings is 1. The molecule has 1 amide bonds. The number of aryl methyl sites for hydroxylation is 1. The van der Waals surface area contributed by atoms with Gasteiger partial charge in [0.05, 0.1) is 22.2 Å². The Hall–Kier alpha value is -2.48. The highest BCUT2D eigenvalue weighted by Gasteiger charge is 2.14. The zero-order chi connectivity index (χ0) is 15.2. The van der Waals surface area contributed by atoms with Gasteiger partial charge < -0.3 is 10.1 Å². The van der Waals surface area contributed by atoms with Gasteiger partial charge in [0.1, 0.15) is 0 Å². The molecule has 0 spiro atoms. The fourth-order valence-electron chi connectivity index (χ4n) is 1.60. The Balaban J connectivity index is 1.85. The van der Waals surface area contributed by atoms with E-state index in [1.54, 1.807) is 6.07 Å². The zero-order valence-corrected chi connectivity index (χ0v) is 12.1. The summed E-state index contributed by atoms with van der Waals surface area (Å²) in [5.41, 5.74) is 0.608. The maximum Gasteiger partial charge on any atom is 0.310 e. The van der Waals surface area contributed by atoms with Crippen molar-refractivity contribution in [1.29, 1.82) is 0 Å². The number of thiazole rings is 1. The first kappa shape index (κ1) is 14.9. The summed E-state index contributed by atoms with van der Waals surface area (Å²) >= 11 is 1.50. The van der Waals surface area contributed by atoms with Gasteiger partial charge in [-0.25, -0.2) is 4.98 Å². The van der Waals surface area contributed by atoms with Crippen LogP contribution in [-0.2, 0) is 11.3 Å². The Labute approximate surface area is 124 Å². The molecule has 21 heavy (non-hydrogen) atoms. The molecule has 1 heterocycles. The molecule has 2 aromatic rings. The van der Waals surface area contributed by atoms with Gasteiger partial charge in [0, 0.05) is 11.4 Å². The van der Waals surface area contributed by atoms with Crippen LogP contribution >= 0.6 is 11.3 Å². The van der Waals surface area contributed by atoms with Gasteiger partial charge in [-0.1, -0.05) is 12.1 Å². The van der Waals surface area contributed by atoms with Crippen molar-refractivity contribution in [2.75, 3.05) is 6.61 Å². The molecule has 0 radical (unpaired) electrons. The lowest BCUT2D eigenvalue weighted by molar-refractivity contribution is -0.385. The molecule has 0 aliphatic heterocycles. The molecule has 0 atom stereocenters. The van der Waals surface area contributed by atoms with E-state index in [-0.39, 0.29) is 24.0 Å². The first-order valence-corrected chi connectivity index (χ1v) is 6.98. The standard InChI is InChI=1S/C13H13N3O4S/c1-9-15-10(8-21-9)6-14-13(17)7-20-12-5-3-2-4-11(12)16(18)19/h2-5,8H,6-7H2,1H3,(H,14,17). The molecule has 1 aromatic carbocycles. The van der Waals surface area contributed by atoms with Crippen molar-refractivity contribution in [3.05, 3.63) is 50.5 Å². The molecule has 7 nitrogen and oxygen atoms in total. The van der Waals surface area contributed by atoms with E-state index >= 15 is 0 Å². The minimum absolute atomic E-state index is 0.0714. The zero-order valence-electron chi connectivity index (χ0n) is 11.2. The van der Waals surface area contributed by atoms with Gasteiger partial charge in [0.2, 0.25) is 0 Å². The molecule has 1 N–H and O–H groups in total. The SMILES string of the molecule is Cc1nc(CNC(=O)COc2ccccc2[N+](=O)[O-])cs1. The van der Waals surface area contributed by atoms with Crippen LogP contribution in [0.4, 0.5) is 5.69 Å². The second-order valence-electron chi connectivity index (χ2n) is 4.15. The molecule has 110 valence electrons. The summed E-state index contributed by atoms with van der Waals surface area (Å²) in [4.78, 5) is 26.1. The van der Waals surface area contributed by atoms with Gasteiger partial charge in [-0.2, -0.15) is 0 Å². The summed E-state index contributed by atoms with van der Waals surface area (Å²) in [6.07, 6.45) is 0. The van der Waals surface area contributed by atoms with Crippen LogP contribution in [0.15, 0.2) is 29.6 Å². The van der Waals surface area contributed by atoms with E-state index in [1.807, 2.05) is 12.3 Å². The van der Waals surface area contributed by atoms with Crippen LogP contribution in [0.5, 0.6) is 5.75 Å². The third kappa shape index (κ3) is 4.25. The van der Waals surface area contributed by atoms with Gasteiger partial charge in [-0.15, -0.1) is 11.3 Å². The van der Waals surface area contributed by atoms with Crippen LogP contribution < -0.4 is 10.1 Å². The highest BCUT2D eigenvalue weighted by Crippen LogP contribution is 2.25. The van der Waals surface area contributed by atoms with Crippen LogP contribution in [0.2, 0.25) is 0 Å². The highest BCUT2D eigenvalue weighted by molar-refractivity contribution is 7.09. The van der Waals surface area contributed by atoms with Gasteiger partial charge in [-0.05, 0) is 13.0 Å². The van der Waals surface area contributed by atoms with Crippen LogP contribution in [0.3, 0.4) is 0 Å². The number of hydrogen-bond donors (Lipinski definition) is 1. The Morgan fingerprint density at radius 3 is 2.90 bits per heavy atom. The van der Waals surface area contributed by atoms with Crippen molar-refractivity contribution in [1.82, 2.24) is 10.3 Å². The van der Waals surface area contributed by atoms with Crippen LogP contribution in [-0.4, -0.2) is 22.4 Å². The normalized spacial score (nSPS) is 10.1. The minimum Gasteiger partial charge on any atom is -0.477 e. The monoisotopic (exact) mass is 307 g/mol. The average molecular weight is 307 g/mol. The summed E-state index contributed by atoms with van der Waals surface area (Å²) in [6, 6.07) is 5.93. The minimum atomic E-state index is -0.550. The van der Waals surface area contributed by atoms with Gasteiger partial charge in [-0.3, -0.25) is 14.9 Å². The predicted octanol–water partition coefficient (Wildman–Crippen LogP) is 2.05. The van der Waals surface area contributed by atoms with Crippen molar-refractivity contribution >= 4 is 22.9 Å². The molecular formula is C13H13N3O4S. The van der Waals surface area contributed by atoms with Gasteiger partial charge in [0.15, 0.2) is 12.4 Å². The first-order valence-electron chi connectivity index (χ1n) is 6.10. The van der Waals surface area contributed by atoms with Crippen LogP contribution in [0, 0.1) is 17.0 Å². The second-order valence-corrected chi connectivity index (χ2v) is 5.21. The summed E-state index contributed by atoms with van der Waals surface area (Å²) < 4.78 is 5.18. The summed E-state index contributed by atoms with van der Waals surface area (Å²) in [5.74, 6) is -0.291. The van der Waals surface area contributed by atoms with Crippen molar-refractivity contribution < 1.29 is 14.5 Å². The summed E-state index contributed by atoms with van der Waals surface area (Å²) in [6.45, 7) is 1.91. The molecule has 8 heteroatoms. The van der Waals surface area contributed by atoms with Crippen molar-refractivity contribution in [2.24, 2.45) is 0 Å². The van der Waals surface area contributed by atoms with E-state index in [2.05, 4.69) is 10.3 Å². The molecule has 0 aliphatic rings. The number of nitrogens with zero attached hydrogens (tertiary/aromatic N) is 2. The third-order valence-corrected chi connectivity index (χ3v) is 3.38. The van der Waals surface area contributed by atoms with Crippen molar-refractivity contribution in [3.8, 4) is 5.75 Å². The van der Waals surface area contributed by atoms with E-state index in [4.69, 9.17) is 4.74 Å². The number of nitro groups is 1. The Kier molecular flexibility index (Phi) is 4.83. The smallest absolute Gasteiger partial charge is 0.310 e. The molecule has 0 bridgehead atoms. The second kappa shape index (κ2) is 6.80. The van der Waals surface area contributed by atoms with Crippen LogP contribution in [0.1, 0.15) is 10.7 Å². The Morgan fingerprint density at radius 1 is 1.48 bits per heavy atom.